The van der Waals surface area contributed by atoms with Gasteiger partial charge >= 0.3 is 0 Å². The largest absolute Gasteiger partial charge is 0.446 e. The molecule has 0 saturated carbocycles. The number of hydrogen-bond donors (Lipinski definition) is 0. The molecule has 0 aliphatic rings. The van der Waals surface area contributed by atoms with Crippen molar-refractivity contribution in [2.45, 2.75) is 13.8 Å². The van der Waals surface area contributed by atoms with Gasteiger partial charge < -0.3 is 4.42 Å². The zero-order chi connectivity index (χ0) is 11.7. The SMILES string of the molecule is Cc1cc(-c2ccc(C#N)o2)cc(C)c1Br. The smallest absolute Gasteiger partial charge is 0.204 e. The summed E-state index contributed by atoms with van der Waals surface area (Å²) in [5.41, 5.74) is 3.31. The van der Waals surface area contributed by atoms with Crippen molar-refractivity contribution in [1.82, 2.24) is 0 Å². The van der Waals surface area contributed by atoms with E-state index >= 15 is 0 Å². The van der Waals surface area contributed by atoms with Gasteiger partial charge in [-0.1, -0.05) is 15.9 Å². The van der Waals surface area contributed by atoms with E-state index in [1.165, 1.54) is 0 Å². The molecule has 2 aromatic rings. The van der Waals surface area contributed by atoms with Gasteiger partial charge in [0.25, 0.3) is 0 Å². The average molecular weight is 276 g/mol. The van der Waals surface area contributed by atoms with E-state index in [9.17, 15) is 0 Å². The summed E-state index contributed by atoms with van der Waals surface area (Å²) in [6.45, 7) is 4.07. The Morgan fingerprint density at radius 1 is 1.19 bits per heavy atom. The van der Waals surface area contributed by atoms with Crippen LogP contribution >= 0.6 is 15.9 Å². The van der Waals surface area contributed by atoms with Crippen molar-refractivity contribution in [1.29, 1.82) is 5.26 Å². The number of hydrogen-bond acceptors (Lipinski definition) is 2. The quantitative estimate of drug-likeness (QED) is 0.782. The monoisotopic (exact) mass is 275 g/mol. The van der Waals surface area contributed by atoms with Gasteiger partial charge in [-0.05, 0) is 49.2 Å². The summed E-state index contributed by atoms with van der Waals surface area (Å²) < 4.78 is 6.51. The standard InChI is InChI=1S/C13H10BrNO/c1-8-5-10(6-9(2)13(8)14)12-4-3-11(7-15)16-12/h3-6H,1-2H3. The molecule has 0 radical (unpaired) electrons. The van der Waals surface area contributed by atoms with Crippen molar-refractivity contribution in [2.24, 2.45) is 0 Å². The lowest BCUT2D eigenvalue weighted by Crippen LogP contribution is -1.84. The molecule has 0 bridgehead atoms. The van der Waals surface area contributed by atoms with Crippen molar-refractivity contribution >= 4 is 15.9 Å². The van der Waals surface area contributed by atoms with Gasteiger partial charge in [-0.2, -0.15) is 5.26 Å². The van der Waals surface area contributed by atoms with E-state index in [-0.39, 0.29) is 0 Å². The van der Waals surface area contributed by atoms with E-state index < -0.39 is 0 Å². The lowest BCUT2D eigenvalue weighted by Gasteiger charge is -2.05. The number of halogens is 1. The number of rotatable bonds is 1. The lowest BCUT2D eigenvalue weighted by atomic mass is 10.1. The number of nitriles is 1. The maximum absolute atomic E-state index is 8.70. The predicted molar refractivity (Wildman–Crippen MR) is 66.0 cm³/mol. The minimum Gasteiger partial charge on any atom is -0.446 e. The first kappa shape index (κ1) is 11.0. The van der Waals surface area contributed by atoms with Crippen LogP contribution in [0.3, 0.4) is 0 Å². The van der Waals surface area contributed by atoms with E-state index in [1.807, 2.05) is 38.1 Å². The maximum Gasteiger partial charge on any atom is 0.204 e. The maximum atomic E-state index is 8.70. The molecule has 16 heavy (non-hydrogen) atoms. The van der Waals surface area contributed by atoms with E-state index in [2.05, 4.69) is 15.9 Å². The van der Waals surface area contributed by atoms with Crippen molar-refractivity contribution in [3.05, 3.63) is 45.6 Å². The first-order valence-corrected chi connectivity index (χ1v) is 5.68. The van der Waals surface area contributed by atoms with Gasteiger partial charge in [0.1, 0.15) is 11.8 Å². The van der Waals surface area contributed by atoms with Crippen molar-refractivity contribution in [2.75, 3.05) is 0 Å². The minimum atomic E-state index is 0.341. The summed E-state index contributed by atoms with van der Waals surface area (Å²) >= 11 is 3.52. The Labute approximate surface area is 103 Å². The Bertz CT molecular complexity index is 555. The molecule has 0 amide bonds. The van der Waals surface area contributed by atoms with Crippen LogP contribution in [0.25, 0.3) is 11.3 Å². The van der Waals surface area contributed by atoms with E-state index in [1.54, 1.807) is 6.07 Å². The van der Waals surface area contributed by atoms with Gasteiger partial charge in [0.05, 0.1) is 0 Å². The summed E-state index contributed by atoms with van der Waals surface area (Å²) in [4.78, 5) is 0. The molecular formula is C13H10BrNO. The summed E-state index contributed by atoms with van der Waals surface area (Å²) in [7, 11) is 0. The van der Waals surface area contributed by atoms with Crippen LogP contribution < -0.4 is 0 Å². The molecule has 0 aliphatic carbocycles. The molecule has 0 atom stereocenters. The minimum absolute atomic E-state index is 0.341. The molecule has 3 heteroatoms. The highest BCUT2D eigenvalue weighted by molar-refractivity contribution is 9.10. The molecule has 2 nitrogen and oxygen atoms in total. The fourth-order valence-electron chi connectivity index (χ4n) is 1.64. The van der Waals surface area contributed by atoms with Crippen LogP contribution in [0, 0.1) is 25.2 Å². The van der Waals surface area contributed by atoms with Crippen molar-refractivity contribution in [3.63, 3.8) is 0 Å². The van der Waals surface area contributed by atoms with Gasteiger partial charge in [-0.15, -0.1) is 0 Å². The Morgan fingerprint density at radius 2 is 1.81 bits per heavy atom. The van der Waals surface area contributed by atoms with Crippen LogP contribution in [-0.2, 0) is 0 Å². The molecule has 1 aromatic heterocycles. The third-order valence-corrected chi connectivity index (χ3v) is 3.69. The predicted octanol–water partition coefficient (Wildman–Crippen LogP) is 4.20. The molecule has 2 rings (SSSR count). The van der Waals surface area contributed by atoms with Gasteiger partial charge in [0.15, 0.2) is 0 Å². The first-order chi connectivity index (χ1) is 7.61. The second-order valence-corrected chi connectivity index (χ2v) is 4.49. The van der Waals surface area contributed by atoms with E-state index in [0.29, 0.717) is 5.76 Å². The number of aryl methyl sites for hydroxylation is 2. The summed E-state index contributed by atoms with van der Waals surface area (Å²) in [6, 6.07) is 9.56. The third kappa shape index (κ3) is 1.89. The Balaban J connectivity index is 2.53. The van der Waals surface area contributed by atoms with Gasteiger partial charge in [-0.3, -0.25) is 0 Å². The fourth-order valence-corrected chi connectivity index (χ4v) is 1.87. The van der Waals surface area contributed by atoms with Crippen LogP contribution in [0.2, 0.25) is 0 Å². The summed E-state index contributed by atoms with van der Waals surface area (Å²) in [5.74, 6) is 1.07. The number of benzene rings is 1. The Hall–Kier alpha value is -1.53. The van der Waals surface area contributed by atoms with Crippen LogP contribution in [-0.4, -0.2) is 0 Å². The van der Waals surface area contributed by atoms with Crippen molar-refractivity contribution < 1.29 is 4.42 Å². The molecule has 1 aromatic carbocycles. The highest BCUT2D eigenvalue weighted by atomic mass is 79.9. The van der Waals surface area contributed by atoms with E-state index in [4.69, 9.17) is 9.68 Å². The summed E-state index contributed by atoms with van der Waals surface area (Å²) in [6.07, 6.45) is 0. The molecule has 0 saturated heterocycles. The summed E-state index contributed by atoms with van der Waals surface area (Å²) in [5, 5.41) is 8.70. The Morgan fingerprint density at radius 3 is 2.31 bits per heavy atom. The molecular weight excluding hydrogens is 266 g/mol. The fraction of sp³-hybridized carbons (Fsp3) is 0.154. The van der Waals surface area contributed by atoms with Gasteiger partial charge in [0.2, 0.25) is 5.76 Å². The first-order valence-electron chi connectivity index (χ1n) is 4.89. The van der Waals surface area contributed by atoms with Gasteiger partial charge in [0, 0.05) is 10.0 Å². The zero-order valence-corrected chi connectivity index (χ0v) is 10.6. The molecule has 0 aliphatic heterocycles. The van der Waals surface area contributed by atoms with Crippen LogP contribution in [0.5, 0.6) is 0 Å². The number of nitrogens with zero attached hydrogens (tertiary/aromatic N) is 1. The Kier molecular flexibility index (Phi) is 2.84. The molecule has 0 unspecified atom stereocenters. The molecule has 1 heterocycles. The average Bonchev–Trinajstić information content (AvgIpc) is 2.73. The zero-order valence-electron chi connectivity index (χ0n) is 9.04. The molecule has 0 fully saturated rings. The topological polar surface area (TPSA) is 36.9 Å². The van der Waals surface area contributed by atoms with Crippen LogP contribution in [0.1, 0.15) is 16.9 Å². The molecule has 0 N–H and O–H groups in total. The van der Waals surface area contributed by atoms with E-state index in [0.717, 1.165) is 26.9 Å². The van der Waals surface area contributed by atoms with Crippen LogP contribution in [0.15, 0.2) is 33.2 Å². The second-order valence-electron chi connectivity index (χ2n) is 3.70. The highest BCUT2D eigenvalue weighted by Crippen LogP contribution is 2.29. The van der Waals surface area contributed by atoms with Crippen molar-refractivity contribution in [3.8, 4) is 17.4 Å². The van der Waals surface area contributed by atoms with Gasteiger partial charge in [-0.25, -0.2) is 0 Å². The normalized spacial score (nSPS) is 10.1. The lowest BCUT2D eigenvalue weighted by molar-refractivity contribution is 0.567. The number of furan rings is 1. The highest BCUT2D eigenvalue weighted by Gasteiger charge is 2.07. The second kappa shape index (κ2) is 4.15. The molecule has 80 valence electrons. The van der Waals surface area contributed by atoms with Crippen LogP contribution in [0.4, 0.5) is 0 Å². The third-order valence-electron chi connectivity index (χ3n) is 2.44. The molecule has 0 spiro atoms.